The Morgan fingerprint density at radius 2 is 1.65 bits per heavy atom. The lowest BCUT2D eigenvalue weighted by atomic mass is 10.0. The molecule has 196 valence electrons. The van der Waals surface area contributed by atoms with E-state index < -0.39 is 60.7 Å². The molecule has 3 unspecified atom stereocenters. The highest BCUT2D eigenvalue weighted by Crippen LogP contribution is 2.19. The van der Waals surface area contributed by atoms with Crippen LogP contribution in [0.4, 0.5) is 0 Å². The zero-order valence-electron chi connectivity index (χ0n) is 19.7. The number of benzene rings is 1. The number of hydrogen-bond acceptors (Lipinski definition) is 7. The summed E-state index contributed by atoms with van der Waals surface area (Å²) in [5.41, 5.74) is 12.4. The van der Waals surface area contributed by atoms with Crippen molar-refractivity contribution in [1.29, 1.82) is 0 Å². The fourth-order valence-electron chi connectivity index (χ4n) is 3.75. The molecule has 4 amide bonds. The van der Waals surface area contributed by atoms with Gasteiger partial charge in [-0.3, -0.25) is 19.2 Å². The lowest BCUT2D eigenvalue weighted by Gasteiger charge is -2.24. The minimum atomic E-state index is -1.38. The highest BCUT2D eigenvalue weighted by atomic mass is 16.4. The summed E-state index contributed by atoms with van der Waals surface area (Å²) in [5.74, 6) is -4.51. The first kappa shape index (κ1) is 26.9. The first-order chi connectivity index (χ1) is 17.7. The number of imidazole rings is 1. The molecular formula is C23H28N8O6. The average molecular weight is 513 g/mol. The summed E-state index contributed by atoms with van der Waals surface area (Å²) < 4.78 is 0. The number of carboxylic acid groups (broad SMARTS) is 1. The highest BCUT2D eigenvalue weighted by molar-refractivity contribution is 5.96. The molecule has 3 aromatic rings. The van der Waals surface area contributed by atoms with Gasteiger partial charge in [0.1, 0.15) is 18.1 Å². The van der Waals surface area contributed by atoms with E-state index in [2.05, 4.69) is 30.9 Å². The number of aliphatic carboxylic acids is 1. The smallest absolute Gasteiger partial charge is 0.326 e. The van der Waals surface area contributed by atoms with Crippen LogP contribution in [0.3, 0.4) is 0 Å². The molecule has 0 saturated heterocycles. The Labute approximate surface area is 210 Å². The summed E-state index contributed by atoms with van der Waals surface area (Å²) in [6.45, 7) is -0.436. The fraction of sp³-hybridized carbons (Fsp3) is 0.304. The second kappa shape index (κ2) is 12.3. The SMILES string of the molecule is NCC(=O)NC(CC(N)=O)C(=O)NC(Cc1cnc[nH]1)C(=O)NC(Cc1c[nH]c2ccccc12)C(=O)O. The van der Waals surface area contributed by atoms with Crippen molar-refractivity contribution in [2.24, 2.45) is 11.5 Å². The van der Waals surface area contributed by atoms with Gasteiger partial charge < -0.3 is 42.5 Å². The van der Waals surface area contributed by atoms with Crippen LogP contribution < -0.4 is 27.4 Å². The standard InChI is InChI=1S/C23H28N8O6/c24-8-20(33)29-17(7-19(25)32)22(35)30-16(6-13-10-26-11-28-13)21(34)31-18(23(36)37)5-12-9-27-15-4-2-1-3-14(12)15/h1-4,9-11,16-18,27H,5-8,24H2,(H2,25,32)(H,26,28)(H,29,33)(H,30,35)(H,31,34)(H,36,37). The molecular weight excluding hydrogens is 484 g/mol. The van der Waals surface area contributed by atoms with Crippen LogP contribution in [-0.4, -0.2) is 74.3 Å². The Morgan fingerprint density at radius 3 is 2.30 bits per heavy atom. The van der Waals surface area contributed by atoms with Gasteiger partial charge in [-0.15, -0.1) is 0 Å². The van der Waals surface area contributed by atoms with Crippen LogP contribution in [0.5, 0.6) is 0 Å². The van der Waals surface area contributed by atoms with Gasteiger partial charge in [-0.1, -0.05) is 18.2 Å². The lowest BCUT2D eigenvalue weighted by molar-refractivity contribution is -0.142. The van der Waals surface area contributed by atoms with Gasteiger partial charge in [-0.25, -0.2) is 9.78 Å². The Hall–Kier alpha value is -4.72. The van der Waals surface area contributed by atoms with Crippen LogP contribution in [0.2, 0.25) is 0 Å². The number of nitrogens with two attached hydrogens (primary N) is 2. The molecule has 37 heavy (non-hydrogen) atoms. The molecule has 0 radical (unpaired) electrons. The first-order valence-electron chi connectivity index (χ1n) is 11.3. The molecule has 0 spiro atoms. The molecule has 3 atom stereocenters. The number of para-hydroxylation sites is 1. The summed E-state index contributed by atoms with van der Waals surface area (Å²) in [5, 5.41) is 17.8. The molecule has 1 aromatic carbocycles. The van der Waals surface area contributed by atoms with Gasteiger partial charge in [-0.05, 0) is 11.6 Å². The van der Waals surface area contributed by atoms with Gasteiger partial charge in [0, 0.05) is 41.8 Å². The molecule has 0 fully saturated rings. The lowest BCUT2D eigenvalue weighted by Crippen LogP contribution is -2.57. The number of H-pyrrole nitrogens is 2. The monoisotopic (exact) mass is 512 g/mol. The Kier molecular flexibility index (Phi) is 8.94. The third kappa shape index (κ3) is 7.38. The summed E-state index contributed by atoms with van der Waals surface area (Å²) >= 11 is 0. The molecule has 0 aliphatic rings. The number of fused-ring (bicyclic) bond motifs is 1. The zero-order chi connectivity index (χ0) is 26.9. The maximum atomic E-state index is 13.2. The number of rotatable bonds is 13. The van der Waals surface area contributed by atoms with E-state index in [9.17, 15) is 29.1 Å². The van der Waals surface area contributed by atoms with Crippen molar-refractivity contribution < 1.29 is 29.1 Å². The van der Waals surface area contributed by atoms with Crippen molar-refractivity contribution in [1.82, 2.24) is 30.9 Å². The number of carbonyl (C=O) groups is 5. The third-order valence-electron chi connectivity index (χ3n) is 5.57. The van der Waals surface area contributed by atoms with Gasteiger partial charge in [-0.2, -0.15) is 0 Å². The van der Waals surface area contributed by atoms with Gasteiger partial charge in [0.25, 0.3) is 0 Å². The molecule has 2 heterocycles. The topological polar surface area (TPSA) is 238 Å². The quantitative estimate of drug-likeness (QED) is 0.128. The number of carboxylic acids is 1. The van der Waals surface area contributed by atoms with Crippen LogP contribution in [0, 0.1) is 0 Å². The number of primary amides is 1. The first-order valence-corrected chi connectivity index (χ1v) is 11.3. The van der Waals surface area contributed by atoms with E-state index in [1.165, 1.54) is 12.5 Å². The number of nitrogens with one attached hydrogen (secondary N) is 5. The zero-order valence-corrected chi connectivity index (χ0v) is 19.7. The van der Waals surface area contributed by atoms with Crippen molar-refractivity contribution >= 4 is 40.5 Å². The van der Waals surface area contributed by atoms with E-state index in [-0.39, 0.29) is 12.8 Å². The van der Waals surface area contributed by atoms with E-state index in [0.717, 1.165) is 10.9 Å². The van der Waals surface area contributed by atoms with Crippen LogP contribution in [0.1, 0.15) is 17.7 Å². The van der Waals surface area contributed by atoms with E-state index in [0.29, 0.717) is 11.3 Å². The number of nitrogens with zero attached hydrogens (tertiary/aromatic N) is 1. The molecule has 14 heteroatoms. The Balaban J connectivity index is 1.79. The molecule has 0 saturated carbocycles. The normalized spacial score (nSPS) is 13.3. The predicted octanol–water partition coefficient (Wildman–Crippen LogP) is -1.95. The number of carbonyl (C=O) groups excluding carboxylic acids is 4. The molecule has 0 aliphatic heterocycles. The Morgan fingerprint density at radius 1 is 0.946 bits per heavy atom. The minimum Gasteiger partial charge on any atom is -0.480 e. The van der Waals surface area contributed by atoms with Crippen LogP contribution in [-0.2, 0) is 36.8 Å². The van der Waals surface area contributed by atoms with Crippen molar-refractivity contribution in [2.45, 2.75) is 37.4 Å². The highest BCUT2D eigenvalue weighted by Gasteiger charge is 2.31. The van der Waals surface area contributed by atoms with Gasteiger partial charge >= 0.3 is 5.97 Å². The molecule has 3 rings (SSSR count). The number of aromatic amines is 2. The molecule has 2 aromatic heterocycles. The third-order valence-corrected chi connectivity index (χ3v) is 5.57. The maximum Gasteiger partial charge on any atom is 0.326 e. The number of hydrogen-bond donors (Lipinski definition) is 8. The van der Waals surface area contributed by atoms with E-state index in [1.54, 1.807) is 6.20 Å². The minimum absolute atomic E-state index is 0.0212. The molecule has 14 nitrogen and oxygen atoms in total. The Bertz CT molecular complexity index is 1270. The van der Waals surface area contributed by atoms with Gasteiger partial charge in [0.15, 0.2) is 0 Å². The summed E-state index contributed by atoms with van der Waals surface area (Å²) in [4.78, 5) is 71.0. The van der Waals surface area contributed by atoms with Gasteiger partial charge in [0.2, 0.25) is 23.6 Å². The largest absolute Gasteiger partial charge is 0.480 e. The second-order valence-corrected chi connectivity index (χ2v) is 8.30. The predicted molar refractivity (Wildman–Crippen MR) is 131 cm³/mol. The van der Waals surface area contributed by atoms with E-state index in [1.807, 2.05) is 24.3 Å². The number of aromatic nitrogens is 3. The van der Waals surface area contributed by atoms with Gasteiger partial charge in [0.05, 0.1) is 19.3 Å². The molecule has 0 bridgehead atoms. The number of amides is 4. The second-order valence-electron chi connectivity index (χ2n) is 8.30. The van der Waals surface area contributed by atoms with Crippen LogP contribution in [0.25, 0.3) is 10.9 Å². The van der Waals surface area contributed by atoms with Crippen molar-refractivity contribution in [3.63, 3.8) is 0 Å². The molecule has 10 N–H and O–H groups in total. The fourth-order valence-corrected chi connectivity index (χ4v) is 3.75. The van der Waals surface area contributed by atoms with E-state index in [4.69, 9.17) is 11.5 Å². The molecule has 0 aliphatic carbocycles. The maximum absolute atomic E-state index is 13.2. The average Bonchev–Trinajstić information content (AvgIpc) is 3.52. The van der Waals surface area contributed by atoms with Crippen LogP contribution in [0.15, 0.2) is 43.0 Å². The summed E-state index contributed by atoms with van der Waals surface area (Å²) in [6, 6.07) is 3.35. The van der Waals surface area contributed by atoms with Crippen molar-refractivity contribution in [2.75, 3.05) is 6.54 Å². The summed E-state index contributed by atoms with van der Waals surface area (Å²) in [7, 11) is 0. The van der Waals surface area contributed by atoms with E-state index >= 15 is 0 Å². The summed E-state index contributed by atoms with van der Waals surface area (Å²) in [6.07, 6.45) is 3.85. The van der Waals surface area contributed by atoms with Crippen molar-refractivity contribution in [3.8, 4) is 0 Å². The van der Waals surface area contributed by atoms with Crippen LogP contribution >= 0.6 is 0 Å². The van der Waals surface area contributed by atoms with Crippen molar-refractivity contribution in [3.05, 3.63) is 54.2 Å².